The quantitative estimate of drug-likeness (QED) is 0.468. The van der Waals surface area contributed by atoms with Crippen LogP contribution >= 0.6 is 27.5 Å². The van der Waals surface area contributed by atoms with Gasteiger partial charge in [-0.15, -0.1) is 0 Å². The Labute approximate surface area is 176 Å². The van der Waals surface area contributed by atoms with Gasteiger partial charge in [0, 0.05) is 36.7 Å². The van der Waals surface area contributed by atoms with Crippen LogP contribution in [0.3, 0.4) is 0 Å². The molecule has 0 saturated carbocycles. The minimum atomic E-state index is -3.83. The van der Waals surface area contributed by atoms with Crippen molar-refractivity contribution in [2.24, 2.45) is 0 Å². The maximum atomic E-state index is 12.8. The Morgan fingerprint density at radius 1 is 1.11 bits per heavy atom. The zero-order valence-electron chi connectivity index (χ0n) is 14.8. The minimum Gasteiger partial charge on any atom is -0.449 e. The molecule has 1 fully saturated rings. The van der Waals surface area contributed by atoms with E-state index in [9.17, 15) is 18.5 Å². The number of hydrogen-bond acceptors (Lipinski definition) is 6. The number of rotatable bonds is 5. The predicted octanol–water partition coefficient (Wildman–Crippen LogP) is 3.74. The smallest absolute Gasteiger partial charge is 0.312 e. The summed E-state index contributed by atoms with van der Waals surface area (Å²) in [6.07, 6.45) is 0. The molecule has 0 radical (unpaired) electrons. The standard InChI is InChI=1S/C17H17BrClN3O5S/c1-20-6-8-21(9-7-20)28(25,26)13-3-5-17(15(11-13)22(23)24)27-16-4-2-12(18)10-14(16)19/h2-5,10-11H,6-9H2,1H3. The van der Waals surface area contributed by atoms with Crippen LogP contribution in [0, 0.1) is 10.1 Å². The van der Waals surface area contributed by atoms with Crippen molar-refractivity contribution in [3.63, 3.8) is 0 Å². The Morgan fingerprint density at radius 3 is 2.36 bits per heavy atom. The molecule has 1 saturated heterocycles. The van der Waals surface area contributed by atoms with Gasteiger partial charge in [-0.05, 0) is 37.4 Å². The summed E-state index contributed by atoms with van der Waals surface area (Å²) in [4.78, 5) is 12.7. The molecular formula is C17H17BrClN3O5S. The van der Waals surface area contributed by atoms with E-state index in [4.69, 9.17) is 16.3 Å². The lowest BCUT2D eigenvalue weighted by Crippen LogP contribution is -2.47. The number of piperazine rings is 1. The van der Waals surface area contributed by atoms with Crippen LogP contribution in [0.1, 0.15) is 0 Å². The highest BCUT2D eigenvalue weighted by Gasteiger charge is 2.30. The van der Waals surface area contributed by atoms with Crippen LogP contribution in [0.25, 0.3) is 0 Å². The van der Waals surface area contributed by atoms with Crippen LogP contribution in [0.5, 0.6) is 11.5 Å². The van der Waals surface area contributed by atoms with Crippen molar-refractivity contribution in [2.75, 3.05) is 33.2 Å². The van der Waals surface area contributed by atoms with Crippen LogP contribution in [0.15, 0.2) is 45.8 Å². The Bertz CT molecular complexity index is 1010. The first-order valence-electron chi connectivity index (χ1n) is 8.28. The second-order valence-electron chi connectivity index (χ2n) is 6.27. The van der Waals surface area contributed by atoms with Crippen LogP contribution in [0.2, 0.25) is 5.02 Å². The predicted molar refractivity (Wildman–Crippen MR) is 109 cm³/mol. The molecule has 2 aromatic carbocycles. The van der Waals surface area contributed by atoms with Crippen LogP contribution < -0.4 is 4.74 Å². The molecule has 2 aromatic rings. The monoisotopic (exact) mass is 489 g/mol. The van der Waals surface area contributed by atoms with E-state index in [0.717, 1.165) is 10.5 Å². The molecule has 0 aliphatic carbocycles. The lowest BCUT2D eigenvalue weighted by molar-refractivity contribution is -0.385. The fourth-order valence-electron chi connectivity index (χ4n) is 2.74. The van der Waals surface area contributed by atoms with Gasteiger partial charge in [0.15, 0.2) is 0 Å². The van der Waals surface area contributed by atoms with E-state index in [1.165, 1.54) is 16.4 Å². The number of nitrogens with zero attached hydrogens (tertiary/aromatic N) is 3. The summed E-state index contributed by atoms with van der Waals surface area (Å²) >= 11 is 9.37. The molecule has 150 valence electrons. The van der Waals surface area contributed by atoms with E-state index >= 15 is 0 Å². The zero-order valence-corrected chi connectivity index (χ0v) is 18.0. The molecule has 8 nitrogen and oxygen atoms in total. The van der Waals surface area contributed by atoms with Gasteiger partial charge in [-0.3, -0.25) is 10.1 Å². The largest absolute Gasteiger partial charge is 0.449 e. The summed E-state index contributed by atoms with van der Waals surface area (Å²) in [5.41, 5.74) is -0.450. The third-order valence-corrected chi connectivity index (χ3v) is 7.02. The van der Waals surface area contributed by atoms with Gasteiger partial charge in [0.05, 0.1) is 14.8 Å². The SMILES string of the molecule is CN1CCN(S(=O)(=O)c2ccc(Oc3ccc(Br)cc3Cl)c([N+](=O)[O-])c2)CC1. The number of sulfonamides is 1. The molecule has 0 aromatic heterocycles. The molecule has 0 spiro atoms. The van der Waals surface area contributed by atoms with Gasteiger partial charge < -0.3 is 9.64 Å². The summed E-state index contributed by atoms with van der Waals surface area (Å²) in [5, 5.41) is 11.8. The fraction of sp³-hybridized carbons (Fsp3) is 0.294. The van der Waals surface area contributed by atoms with E-state index in [2.05, 4.69) is 15.9 Å². The second-order valence-corrected chi connectivity index (χ2v) is 9.53. The van der Waals surface area contributed by atoms with Gasteiger partial charge in [-0.25, -0.2) is 8.42 Å². The van der Waals surface area contributed by atoms with Crippen molar-refractivity contribution in [3.8, 4) is 11.5 Å². The average molecular weight is 491 g/mol. The molecular weight excluding hydrogens is 474 g/mol. The van der Waals surface area contributed by atoms with E-state index in [-0.39, 0.29) is 21.4 Å². The number of nitro groups is 1. The van der Waals surface area contributed by atoms with Crippen molar-refractivity contribution < 1.29 is 18.1 Å². The molecule has 0 unspecified atom stereocenters. The van der Waals surface area contributed by atoms with E-state index in [1.54, 1.807) is 18.2 Å². The Balaban J connectivity index is 1.94. The lowest BCUT2D eigenvalue weighted by Gasteiger charge is -2.31. The zero-order chi connectivity index (χ0) is 20.5. The number of likely N-dealkylation sites (N-methyl/N-ethyl adjacent to an activating group) is 1. The normalized spacial score (nSPS) is 16.1. The minimum absolute atomic E-state index is 0.0912. The van der Waals surface area contributed by atoms with Gasteiger partial charge >= 0.3 is 5.69 Å². The van der Waals surface area contributed by atoms with E-state index in [1.807, 2.05) is 11.9 Å². The first kappa shape index (κ1) is 21.0. The molecule has 3 rings (SSSR count). The van der Waals surface area contributed by atoms with E-state index in [0.29, 0.717) is 26.2 Å². The van der Waals surface area contributed by atoms with Crippen molar-refractivity contribution in [1.29, 1.82) is 0 Å². The Kier molecular flexibility index (Phi) is 6.25. The molecule has 1 heterocycles. The lowest BCUT2D eigenvalue weighted by atomic mass is 10.3. The number of ether oxygens (including phenoxy) is 1. The highest BCUT2D eigenvalue weighted by atomic mass is 79.9. The summed E-state index contributed by atoms with van der Waals surface area (Å²) in [6, 6.07) is 8.44. The second kappa shape index (κ2) is 8.34. The van der Waals surface area contributed by atoms with Gasteiger partial charge in [0.1, 0.15) is 5.75 Å². The highest BCUT2D eigenvalue weighted by Crippen LogP contribution is 2.37. The maximum absolute atomic E-state index is 12.8. The first-order chi connectivity index (χ1) is 13.2. The molecule has 0 bridgehead atoms. The van der Waals surface area contributed by atoms with Crippen molar-refractivity contribution >= 4 is 43.2 Å². The van der Waals surface area contributed by atoms with E-state index < -0.39 is 20.6 Å². The van der Waals surface area contributed by atoms with Gasteiger partial charge in [0.25, 0.3) is 0 Å². The summed E-state index contributed by atoms with van der Waals surface area (Å²) in [5.74, 6) is 0.134. The van der Waals surface area contributed by atoms with Gasteiger partial charge in [-0.2, -0.15) is 4.31 Å². The summed E-state index contributed by atoms with van der Waals surface area (Å²) in [7, 11) is -1.92. The highest BCUT2D eigenvalue weighted by molar-refractivity contribution is 9.10. The number of halogens is 2. The van der Waals surface area contributed by atoms with Gasteiger partial charge in [-0.1, -0.05) is 27.5 Å². The molecule has 28 heavy (non-hydrogen) atoms. The third kappa shape index (κ3) is 4.47. The Morgan fingerprint density at radius 2 is 1.75 bits per heavy atom. The Hall–Kier alpha value is -1.72. The molecule has 0 N–H and O–H groups in total. The topological polar surface area (TPSA) is 93.0 Å². The van der Waals surface area contributed by atoms with Crippen LogP contribution in [-0.2, 0) is 10.0 Å². The molecule has 11 heteroatoms. The first-order valence-corrected chi connectivity index (χ1v) is 10.9. The molecule has 1 aliphatic rings. The van der Waals surface area contributed by atoms with Gasteiger partial charge in [0.2, 0.25) is 15.8 Å². The number of hydrogen-bond donors (Lipinski definition) is 0. The fourth-order valence-corrected chi connectivity index (χ4v) is 4.90. The summed E-state index contributed by atoms with van der Waals surface area (Å²) < 4.78 is 33.3. The average Bonchev–Trinajstić information content (AvgIpc) is 2.64. The van der Waals surface area contributed by atoms with Crippen molar-refractivity contribution in [1.82, 2.24) is 9.21 Å². The number of benzene rings is 2. The maximum Gasteiger partial charge on any atom is 0.312 e. The summed E-state index contributed by atoms with van der Waals surface area (Å²) in [6.45, 7) is 1.87. The van der Waals surface area contributed by atoms with Crippen molar-refractivity contribution in [3.05, 3.63) is 56.0 Å². The molecule has 0 amide bonds. The van der Waals surface area contributed by atoms with Crippen LogP contribution in [0.4, 0.5) is 5.69 Å². The van der Waals surface area contributed by atoms with Crippen molar-refractivity contribution in [2.45, 2.75) is 4.90 Å². The third-order valence-electron chi connectivity index (χ3n) is 4.34. The molecule has 0 atom stereocenters. The van der Waals surface area contributed by atoms with Crippen LogP contribution in [-0.4, -0.2) is 55.8 Å². The molecule has 1 aliphatic heterocycles. The number of nitro benzene ring substituents is 1.